The van der Waals surface area contributed by atoms with Crippen molar-refractivity contribution in [3.63, 3.8) is 0 Å². The molecular formula is C11H13NO4. The van der Waals surface area contributed by atoms with Crippen molar-refractivity contribution in [1.82, 2.24) is 4.98 Å². The third kappa shape index (κ3) is 1.40. The fraction of sp³-hybridized carbons (Fsp3) is 0.455. The summed E-state index contributed by atoms with van der Waals surface area (Å²) in [7, 11) is 0. The third-order valence-electron chi connectivity index (χ3n) is 2.93. The molecule has 0 saturated heterocycles. The standard InChI is InChI=1S/C11H13NO4/c1-6(13)16-11(2)8-5-12-4-3-7(8)9(14)10(11)15/h3-5,9-10,14-15H,1-2H3/t9-,10-,11-/m0/s1. The minimum atomic E-state index is -1.23. The van der Waals surface area contributed by atoms with Gasteiger partial charge in [0.05, 0.1) is 0 Å². The summed E-state index contributed by atoms with van der Waals surface area (Å²) in [5.74, 6) is -0.509. The number of pyridine rings is 1. The van der Waals surface area contributed by atoms with Gasteiger partial charge in [-0.15, -0.1) is 0 Å². The Morgan fingerprint density at radius 1 is 1.56 bits per heavy atom. The number of hydrogen-bond acceptors (Lipinski definition) is 5. The second-order valence-corrected chi connectivity index (χ2v) is 4.05. The highest BCUT2D eigenvalue weighted by Gasteiger charge is 2.51. The maximum atomic E-state index is 11.0. The van der Waals surface area contributed by atoms with Gasteiger partial charge in [-0.2, -0.15) is 0 Å². The Morgan fingerprint density at radius 3 is 2.88 bits per heavy atom. The van der Waals surface area contributed by atoms with E-state index < -0.39 is 23.8 Å². The number of rotatable bonds is 1. The van der Waals surface area contributed by atoms with Crippen LogP contribution in [-0.4, -0.2) is 27.3 Å². The number of nitrogens with zero attached hydrogens (tertiary/aromatic N) is 1. The number of fused-ring (bicyclic) bond motifs is 1. The van der Waals surface area contributed by atoms with Gasteiger partial charge >= 0.3 is 5.97 Å². The molecule has 1 aliphatic rings. The largest absolute Gasteiger partial charge is 0.452 e. The predicted molar refractivity (Wildman–Crippen MR) is 54.3 cm³/mol. The van der Waals surface area contributed by atoms with Crippen LogP contribution in [-0.2, 0) is 15.1 Å². The molecule has 0 fully saturated rings. The van der Waals surface area contributed by atoms with Gasteiger partial charge in [-0.3, -0.25) is 9.78 Å². The summed E-state index contributed by atoms with van der Waals surface area (Å²) >= 11 is 0. The van der Waals surface area contributed by atoms with Crippen molar-refractivity contribution in [2.75, 3.05) is 0 Å². The monoisotopic (exact) mass is 223 g/mol. The molecule has 0 saturated carbocycles. The van der Waals surface area contributed by atoms with Gasteiger partial charge in [-0.25, -0.2) is 0 Å². The van der Waals surface area contributed by atoms with Crippen molar-refractivity contribution in [2.45, 2.75) is 31.7 Å². The molecule has 3 atom stereocenters. The highest BCUT2D eigenvalue weighted by Crippen LogP contribution is 2.45. The third-order valence-corrected chi connectivity index (χ3v) is 2.93. The van der Waals surface area contributed by atoms with Crippen LogP contribution in [0.25, 0.3) is 0 Å². The molecule has 1 heterocycles. The molecule has 5 nitrogen and oxygen atoms in total. The number of aliphatic hydroxyl groups is 2. The zero-order valence-electron chi connectivity index (χ0n) is 9.04. The van der Waals surface area contributed by atoms with E-state index in [0.29, 0.717) is 11.1 Å². The smallest absolute Gasteiger partial charge is 0.303 e. The normalized spacial score (nSPS) is 32.2. The number of carbonyl (C=O) groups is 1. The van der Waals surface area contributed by atoms with E-state index in [1.54, 1.807) is 13.0 Å². The lowest BCUT2D eigenvalue weighted by molar-refractivity contribution is -0.175. The minimum absolute atomic E-state index is 0.509. The first-order chi connectivity index (χ1) is 7.47. The summed E-state index contributed by atoms with van der Waals surface area (Å²) in [5, 5.41) is 19.8. The average Bonchev–Trinajstić information content (AvgIpc) is 2.42. The molecular weight excluding hydrogens is 210 g/mol. The van der Waals surface area contributed by atoms with E-state index in [9.17, 15) is 15.0 Å². The minimum Gasteiger partial charge on any atom is -0.452 e. The van der Waals surface area contributed by atoms with E-state index in [-0.39, 0.29) is 0 Å². The van der Waals surface area contributed by atoms with E-state index in [0.717, 1.165) is 0 Å². The number of carbonyl (C=O) groups excluding carboxylic acids is 1. The van der Waals surface area contributed by atoms with E-state index in [1.807, 2.05) is 0 Å². The van der Waals surface area contributed by atoms with Gasteiger partial charge in [0.1, 0.15) is 12.2 Å². The first kappa shape index (κ1) is 11.0. The van der Waals surface area contributed by atoms with Crippen LogP contribution in [0.4, 0.5) is 0 Å². The molecule has 16 heavy (non-hydrogen) atoms. The van der Waals surface area contributed by atoms with E-state index in [2.05, 4.69) is 4.98 Å². The molecule has 1 aromatic heterocycles. The van der Waals surface area contributed by atoms with Gasteiger partial charge in [0, 0.05) is 24.9 Å². The Balaban J connectivity index is 2.51. The molecule has 0 radical (unpaired) electrons. The van der Waals surface area contributed by atoms with E-state index in [4.69, 9.17) is 4.74 Å². The lowest BCUT2D eigenvalue weighted by Crippen LogP contribution is -2.38. The summed E-state index contributed by atoms with van der Waals surface area (Å²) in [6.45, 7) is 2.83. The molecule has 2 N–H and O–H groups in total. The Labute approximate surface area is 92.7 Å². The van der Waals surface area contributed by atoms with Crippen molar-refractivity contribution >= 4 is 5.97 Å². The molecule has 1 aliphatic carbocycles. The first-order valence-electron chi connectivity index (χ1n) is 4.97. The number of aliphatic hydroxyl groups excluding tert-OH is 2. The molecule has 1 aromatic rings. The van der Waals surface area contributed by atoms with Gasteiger partial charge in [0.25, 0.3) is 0 Å². The summed E-state index contributed by atoms with van der Waals surface area (Å²) in [4.78, 5) is 14.9. The molecule has 0 aliphatic heterocycles. The van der Waals surface area contributed by atoms with Crippen LogP contribution in [0.15, 0.2) is 18.5 Å². The number of esters is 1. The topological polar surface area (TPSA) is 79.7 Å². The predicted octanol–water partition coefficient (Wildman–Crippen LogP) is 0.268. The zero-order valence-corrected chi connectivity index (χ0v) is 9.04. The Hall–Kier alpha value is -1.46. The van der Waals surface area contributed by atoms with Crippen LogP contribution in [0, 0.1) is 0 Å². The molecule has 0 amide bonds. The molecule has 0 spiro atoms. The second-order valence-electron chi connectivity index (χ2n) is 4.05. The second kappa shape index (κ2) is 3.54. The van der Waals surface area contributed by atoms with Gasteiger partial charge in [-0.1, -0.05) is 0 Å². The fourth-order valence-corrected chi connectivity index (χ4v) is 2.12. The van der Waals surface area contributed by atoms with Crippen LogP contribution in [0.2, 0.25) is 0 Å². The van der Waals surface area contributed by atoms with Gasteiger partial charge < -0.3 is 14.9 Å². The molecule has 2 rings (SSSR count). The molecule has 5 heteroatoms. The maximum Gasteiger partial charge on any atom is 0.303 e. The SMILES string of the molecule is CC(=O)O[C@@]1(C)c2cnccc2[C@H](O)[C@@H]1O. The molecule has 86 valence electrons. The van der Waals surface area contributed by atoms with Crippen LogP contribution in [0.3, 0.4) is 0 Å². The summed E-state index contributed by atoms with van der Waals surface area (Å²) in [6, 6.07) is 1.61. The Kier molecular flexibility index (Phi) is 2.44. The summed E-state index contributed by atoms with van der Waals surface area (Å²) < 4.78 is 5.12. The fourth-order valence-electron chi connectivity index (χ4n) is 2.12. The van der Waals surface area contributed by atoms with Crippen LogP contribution in [0.5, 0.6) is 0 Å². The van der Waals surface area contributed by atoms with Crippen molar-refractivity contribution in [3.05, 3.63) is 29.6 Å². The zero-order chi connectivity index (χ0) is 11.9. The van der Waals surface area contributed by atoms with Crippen molar-refractivity contribution < 1.29 is 19.7 Å². The van der Waals surface area contributed by atoms with E-state index >= 15 is 0 Å². The number of aromatic nitrogens is 1. The van der Waals surface area contributed by atoms with Crippen LogP contribution >= 0.6 is 0 Å². The van der Waals surface area contributed by atoms with Crippen molar-refractivity contribution in [1.29, 1.82) is 0 Å². The van der Waals surface area contributed by atoms with Gasteiger partial charge in [0.15, 0.2) is 5.60 Å². The molecule has 0 unspecified atom stereocenters. The van der Waals surface area contributed by atoms with Gasteiger partial charge in [-0.05, 0) is 18.6 Å². The quantitative estimate of drug-likeness (QED) is 0.668. The van der Waals surface area contributed by atoms with Gasteiger partial charge in [0.2, 0.25) is 0 Å². The highest BCUT2D eigenvalue weighted by atomic mass is 16.6. The van der Waals surface area contributed by atoms with Crippen molar-refractivity contribution in [3.8, 4) is 0 Å². The Bertz CT molecular complexity index is 434. The molecule has 0 bridgehead atoms. The van der Waals surface area contributed by atoms with Crippen LogP contribution < -0.4 is 0 Å². The van der Waals surface area contributed by atoms with Crippen LogP contribution in [0.1, 0.15) is 31.1 Å². The number of ether oxygens (including phenoxy) is 1. The number of hydrogen-bond donors (Lipinski definition) is 2. The Morgan fingerprint density at radius 2 is 2.25 bits per heavy atom. The average molecular weight is 223 g/mol. The first-order valence-corrected chi connectivity index (χ1v) is 4.97. The molecule has 0 aromatic carbocycles. The lowest BCUT2D eigenvalue weighted by atomic mass is 9.97. The summed E-state index contributed by atoms with van der Waals surface area (Å²) in [5.41, 5.74) is -0.133. The lowest BCUT2D eigenvalue weighted by Gasteiger charge is -2.29. The van der Waals surface area contributed by atoms with E-state index in [1.165, 1.54) is 19.3 Å². The summed E-state index contributed by atoms with van der Waals surface area (Å²) in [6.07, 6.45) is 0.796. The highest BCUT2D eigenvalue weighted by molar-refractivity contribution is 5.67. The van der Waals surface area contributed by atoms with Crippen molar-refractivity contribution in [2.24, 2.45) is 0 Å². The maximum absolute atomic E-state index is 11.0.